The Morgan fingerprint density at radius 3 is 3.00 bits per heavy atom. The van der Waals surface area contributed by atoms with Crippen LogP contribution in [0.2, 0.25) is 0 Å². The summed E-state index contributed by atoms with van der Waals surface area (Å²) in [6.45, 7) is 1.65. The Morgan fingerprint density at radius 2 is 2.54 bits per heavy atom. The molecule has 1 saturated heterocycles. The SMILES string of the molecule is C[C@@H](CO)NC(=O)C1CSC(=O)C1. The van der Waals surface area contributed by atoms with Gasteiger partial charge in [0.1, 0.15) is 0 Å². The molecule has 74 valence electrons. The maximum absolute atomic E-state index is 11.4. The number of aliphatic hydroxyl groups excluding tert-OH is 1. The highest BCUT2D eigenvalue weighted by molar-refractivity contribution is 8.14. The quantitative estimate of drug-likeness (QED) is 0.664. The summed E-state index contributed by atoms with van der Waals surface area (Å²) in [5.41, 5.74) is 0. The smallest absolute Gasteiger partial charge is 0.224 e. The molecule has 1 amide bonds. The van der Waals surface area contributed by atoms with Crippen molar-refractivity contribution < 1.29 is 14.7 Å². The van der Waals surface area contributed by atoms with Crippen LogP contribution in [-0.4, -0.2) is 34.5 Å². The molecule has 0 spiro atoms. The van der Waals surface area contributed by atoms with Crippen LogP contribution >= 0.6 is 11.8 Å². The van der Waals surface area contributed by atoms with Gasteiger partial charge in [-0.05, 0) is 6.92 Å². The summed E-state index contributed by atoms with van der Waals surface area (Å²) < 4.78 is 0. The summed E-state index contributed by atoms with van der Waals surface area (Å²) in [5, 5.41) is 11.4. The van der Waals surface area contributed by atoms with Crippen molar-refractivity contribution in [3.05, 3.63) is 0 Å². The number of carbonyl (C=O) groups is 2. The van der Waals surface area contributed by atoms with E-state index in [1.165, 1.54) is 11.8 Å². The number of rotatable bonds is 3. The molecule has 0 bridgehead atoms. The molecule has 2 atom stereocenters. The third kappa shape index (κ3) is 3.00. The van der Waals surface area contributed by atoms with Crippen LogP contribution in [0, 0.1) is 5.92 Å². The van der Waals surface area contributed by atoms with Crippen LogP contribution in [0.25, 0.3) is 0 Å². The first kappa shape index (κ1) is 10.5. The lowest BCUT2D eigenvalue weighted by atomic mass is 10.1. The summed E-state index contributed by atoms with van der Waals surface area (Å²) in [5.74, 6) is 0.245. The van der Waals surface area contributed by atoms with E-state index in [0.717, 1.165) is 0 Å². The van der Waals surface area contributed by atoms with Gasteiger partial charge in [0, 0.05) is 18.2 Å². The van der Waals surface area contributed by atoms with Gasteiger partial charge < -0.3 is 10.4 Å². The molecule has 0 aromatic carbocycles. The normalized spacial score (nSPS) is 24.5. The van der Waals surface area contributed by atoms with Crippen LogP contribution in [0.3, 0.4) is 0 Å². The number of carbonyl (C=O) groups excluding carboxylic acids is 2. The fraction of sp³-hybridized carbons (Fsp3) is 0.750. The average molecular weight is 203 g/mol. The van der Waals surface area contributed by atoms with Crippen LogP contribution < -0.4 is 5.32 Å². The molecule has 1 heterocycles. The Morgan fingerprint density at radius 1 is 1.85 bits per heavy atom. The van der Waals surface area contributed by atoms with Gasteiger partial charge in [0.25, 0.3) is 0 Å². The number of nitrogens with one attached hydrogen (secondary N) is 1. The van der Waals surface area contributed by atoms with Gasteiger partial charge in [-0.3, -0.25) is 9.59 Å². The molecule has 1 aliphatic rings. The van der Waals surface area contributed by atoms with Gasteiger partial charge in [0.05, 0.1) is 12.5 Å². The molecule has 0 radical (unpaired) electrons. The van der Waals surface area contributed by atoms with Crippen molar-refractivity contribution in [3.63, 3.8) is 0 Å². The molecule has 0 aliphatic carbocycles. The van der Waals surface area contributed by atoms with E-state index in [-0.39, 0.29) is 29.6 Å². The van der Waals surface area contributed by atoms with Gasteiger partial charge in [-0.1, -0.05) is 11.8 Å². The minimum atomic E-state index is -0.229. The van der Waals surface area contributed by atoms with Crippen molar-refractivity contribution in [2.24, 2.45) is 5.92 Å². The molecule has 0 saturated carbocycles. The van der Waals surface area contributed by atoms with Crippen molar-refractivity contribution in [2.45, 2.75) is 19.4 Å². The van der Waals surface area contributed by atoms with E-state index in [0.29, 0.717) is 12.2 Å². The van der Waals surface area contributed by atoms with Crippen molar-refractivity contribution in [1.29, 1.82) is 0 Å². The zero-order chi connectivity index (χ0) is 9.84. The Kier molecular flexibility index (Phi) is 3.74. The minimum absolute atomic E-state index is 0.0699. The van der Waals surface area contributed by atoms with Gasteiger partial charge in [-0.2, -0.15) is 0 Å². The summed E-state index contributed by atoms with van der Waals surface area (Å²) in [6, 6.07) is -0.229. The molecule has 13 heavy (non-hydrogen) atoms. The van der Waals surface area contributed by atoms with Crippen molar-refractivity contribution in [3.8, 4) is 0 Å². The molecule has 4 nitrogen and oxygen atoms in total. The van der Waals surface area contributed by atoms with Crippen LogP contribution in [0.5, 0.6) is 0 Å². The molecular formula is C8H13NO3S. The Balaban J connectivity index is 2.35. The standard InChI is InChI=1S/C8H13NO3S/c1-5(3-10)9-8(12)6-2-7(11)13-4-6/h5-6,10H,2-4H2,1H3,(H,9,12)/t5-,6?/m0/s1. The second kappa shape index (κ2) is 4.62. The lowest BCUT2D eigenvalue weighted by Crippen LogP contribution is -2.39. The molecule has 0 aromatic heterocycles. The van der Waals surface area contributed by atoms with Gasteiger partial charge in [-0.25, -0.2) is 0 Å². The zero-order valence-corrected chi connectivity index (χ0v) is 8.26. The summed E-state index contributed by atoms with van der Waals surface area (Å²) in [7, 11) is 0. The highest BCUT2D eigenvalue weighted by Gasteiger charge is 2.29. The van der Waals surface area contributed by atoms with Crippen LogP contribution in [0.15, 0.2) is 0 Å². The van der Waals surface area contributed by atoms with E-state index in [1.807, 2.05) is 0 Å². The molecule has 1 unspecified atom stereocenters. The minimum Gasteiger partial charge on any atom is -0.394 e. The van der Waals surface area contributed by atoms with E-state index in [9.17, 15) is 9.59 Å². The number of thioether (sulfide) groups is 1. The lowest BCUT2D eigenvalue weighted by molar-refractivity contribution is -0.126. The fourth-order valence-electron chi connectivity index (χ4n) is 1.09. The molecule has 0 aromatic rings. The average Bonchev–Trinajstić information content (AvgIpc) is 2.51. The van der Waals surface area contributed by atoms with Crippen molar-refractivity contribution in [1.82, 2.24) is 5.32 Å². The van der Waals surface area contributed by atoms with E-state index in [2.05, 4.69) is 5.32 Å². The highest BCUT2D eigenvalue weighted by atomic mass is 32.2. The molecule has 1 fully saturated rings. The second-order valence-corrected chi connectivity index (χ2v) is 4.25. The summed E-state index contributed by atoms with van der Waals surface area (Å²) in [4.78, 5) is 22.2. The third-order valence-corrected chi connectivity index (χ3v) is 2.95. The molecule has 1 rings (SSSR count). The zero-order valence-electron chi connectivity index (χ0n) is 7.45. The monoisotopic (exact) mass is 203 g/mol. The van der Waals surface area contributed by atoms with E-state index in [1.54, 1.807) is 6.92 Å². The third-order valence-electron chi connectivity index (χ3n) is 1.89. The first-order chi connectivity index (χ1) is 6.13. The largest absolute Gasteiger partial charge is 0.394 e. The van der Waals surface area contributed by atoms with Crippen LogP contribution in [0.1, 0.15) is 13.3 Å². The molecule has 5 heteroatoms. The Hall–Kier alpha value is -0.550. The predicted molar refractivity (Wildman–Crippen MR) is 50.3 cm³/mol. The number of hydrogen-bond acceptors (Lipinski definition) is 4. The predicted octanol–water partition coefficient (Wildman–Crippen LogP) is -0.237. The molecular weight excluding hydrogens is 190 g/mol. The summed E-state index contributed by atoms with van der Waals surface area (Å²) >= 11 is 1.21. The number of amides is 1. The van der Waals surface area contributed by atoms with E-state index >= 15 is 0 Å². The topological polar surface area (TPSA) is 66.4 Å². The molecule has 1 aliphatic heterocycles. The Bertz CT molecular complexity index is 219. The van der Waals surface area contributed by atoms with E-state index in [4.69, 9.17) is 5.11 Å². The van der Waals surface area contributed by atoms with Crippen LogP contribution in [0.4, 0.5) is 0 Å². The van der Waals surface area contributed by atoms with E-state index < -0.39 is 0 Å². The van der Waals surface area contributed by atoms with Gasteiger partial charge in [0.2, 0.25) is 5.91 Å². The maximum atomic E-state index is 11.4. The van der Waals surface area contributed by atoms with Gasteiger partial charge in [-0.15, -0.1) is 0 Å². The van der Waals surface area contributed by atoms with Crippen molar-refractivity contribution >= 4 is 22.8 Å². The number of aliphatic hydroxyl groups is 1. The van der Waals surface area contributed by atoms with Crippen molar-refractivity contribution in [2.75, 3.05) is 12.4 Å². The fourth-order valence-corrected chi connectivity index (χ4v) is 2.06. The van der Waals surface area contributed by atoms with Gasteiger partial charge in [0.15, 0.2) is 5.12 Å². The maximum Gasteiger partial charge on any atom is 0.224 e. The highest BCUT2D eigenvalue weighted by Crippen LogP contribution is 2.25. The molecule has 2 N–H and O–H groups in total. The second-order valence-electron chi connectivity index (χ2n) is 3.18. The first-order valence-electron chi connectivity index (χ1n) is 4.20. The number of hydrogen-bond donors (Lipinski definition) is 2. The Labute approximate surface area is 81.1 Å². The van der Waals surface area contributed by atoms with Crippen LogP contribution in [-0.2, 0) is 9.59 Å². The van der Waals surface area contributed by atoms with Gasteiger partial charge >= 0.3 is 0 Å². The first-order valence-corrected chi connectivity index (χ1v) is 5.19. The lowest BCUT2D eigenvalue weighted by Gasteiger charge is -2.13. The summed E-state index contributed by atoms with van der Waals surface area (Å²) in [6.07, 6.45) is 0.328.